The summed E-state index contributed by atoms with van der Waals surface area (Å²) in [7, 11) is 0. The molecular weight excluding hydrogens is 413 g/mol. The number of aromatic nitrogens is 1. The number of nitrogens with zero attached hydrogens (tertiary/aromatic N) is 1. The maximum absolute atomic E-state index is 13.6. The van der Waals surface area contributed by atoms with E-state index in [-0.39, 0.29) is 11.6 Å². The number of benzene rings is 4. The minimum atomic E-state index is -0.267. The summed E-state index contributed by atoms with van der Waals surface area (Å²) in [6.07, 6.45) is 0. The molecular formula is C29H24FNO2. The Hall–Kier alpha value is -4.05. The first-order valence-electron chi connectivity index (χ1n) is 10.9. The molecule has 4 aromatic carbocycles. The van der Waals surface area contributed by atoms with Gasteiger partial charge >= 0.3 is 0 Å². The highest BCUT2D eigenvalue weighted by Crippen LogP contribution is 2.36. The van der Waals surface area contributed by atoms with Crippen LogP contribution in [0.4, 0.5) is 4.39 Å². The van der Waals surface area contributed by atoms with Gasteiger partial charge in [-0.05, 0) is 72.1 Å². The molecule has 5 rings (SSSR count). The Morgan fingerprint density at radius 1 is 0.848 bits per heavy atom. The van der Waals surface area contributed by atoms with Crippen LogP contribution in [0.25, 0.3) is 22.2 Å². The fraction of sp³-hybridized carbons (Fsp3) is 0.103. The molecule has 0 radical (unpaired) electrons. The number of phenolic OH excluding ortho intramolecular Hbond substituents is 1. The second-order valence-electron chi connectivity index (χ2n) is 8.15. The molecule has 0 aliphatic rings. The summed E-state index contributed by atoms with van der Waals surface area (Å²) in [6.45, 7) is 3.06. The SMILES string of the molecule is Cc1c(-c2ccc(F)cc2)n(Cc2ccccc2O)c2ccc(OCc3ccccc3)cc12. The van der Waals surface area contributed by atoms with E-state index in [0.29, 0.717) is 13.2 Å². The van der Waals surface area contributed by atoms with Gasteiger partial charge in [-0.1, -0.05) is 48.5 Å². The smallest absolute Gasteiger partial charge is 0.123 e. The van der Waals surface area contributed by atoms with Crippen LogP contribution in [0.3, 0.4) is 0 Å². The van der Waals surface area contributed by atoms with Gasteiger partial charge in [-0.2, -0.15) is 0 Å². The van der Waals surface area contributed by atoms with Crippen molar-refractivity contribution in [2.45, 2.75) is 20.1 Å². The van der Waals surface area contributed by atoms with Gasteiger partial charge in [0.05, 0.1) is 12.2 Å². The largest absolute Gasteiger partial charge is 0.508 e. The van der Waals surface area contributed by atoms with Crippen molar-refractivity contribution >= 4 is 10.9 Å². The van der Waals surface area contributed by atoms with E-state index < -0.39 is 0 Å². The topological polar surface area (TPSA) is 34.4 Å². The number of halogens is 1. The molecule has 0 bridgehead atoms. The monoisotopic (exact) mass is 437 g/mol. The summed E-state index contributed by atoms with van der Waals surface area (Å²) in [5.41, 5.74) is 5.96. The van der Waals surface area contributed by atoms with Gasteiger partial charge < -0.3 is 14.4 Å². The van der Waals surface area contributed by atoms with Crippen molar-refractivity contribution < 1.29 is 14.2 Å². The zero-order chi connectivity index (χ0) is 22.8. The van der Waals surface area contributed by atoms with Crippen LogP contribution in [0.1, 0.15) is 16.7 Å². The first-order valence-corrected chi connectivity index (χ1v) is 10.9. The fourth-order valence-corrected chi connectivity index (χ4v) is 4.29. The summed E-state index contributed by atoms with van der Waals surface area (Å²) >= 11 is 0. The Bertz CT molecular complexity index is 1410. The molecule has 1 N–H and O–H groups in total. The Morgan fingerprint density at radius 3 is 2.33 bits per heavy atom. The van der Waals surface area contributed by atoms with E-state index in [1.165, 1.54) is 12.1 Å². The number of hydrogen-bond donors (Lipinski definition) is 1. The number of rotatable bonds is 6. The Kier molecular flexibility index (Phi) is 5.57. The van der Waals surface area contributed by atoms with Gasteiger partial charge in [0.1, 0.15) is 23.9 Å². The number of phenols is 1. The van der Waals surface area contributed by atoms with Crippen LogP contribution in [-0.2, 0) is 13.2 Å². The quantitative estimate of drug-likeness (QED) is 0.308. The van der Waals surface area contributed by atoms with E-state index in [2.05, 4.69) is 23.6 Å². The van der Waals surface area contributed by atoms with E-state index >= 15 is 0 Å². The van der Waals surface area contributed by atoms with Crippen molar-refractivity contribution in [2.24, 2.45) is 0 Å². The molecule has 1 aromatic heterocycles. The van der Waals surface area contributed by atoms with Crippen LogP contribution in [0.2, 0.25) is 0 Å². The van der Waals surface area contributed by atoms with Gasteiger partial charge in [0, 0.05) is 16.5 Å². The predicted molar refractivity (Wildman–Crippen MR) is 130 cm³/mol. The van der Waals surface area contributed by atoms with E-state index in [9.17, 15) is 9.50 Å². The minimum Gasteiger partial charge on any atom is -0.508 e. The van der Waals surface area contributed by atoms with Crippen LogP contribution in [0.5, 0.6) is 11.5 Å². The molecule has 0 fully saturated rings. The van der Waals surface area contributed by atoms with Crippen LogP contribution in [0, 0.1) is 12.7 Å². The van der Waals surface area contributed by atoms with E-state index in [1.54, 1.807) is 18.2 Å². The molecule has 33 heavy (non-hydrogen) atoms. The third-order valence-electron chi connectivity index (χ3n) is 5.97. The highest BCUT2D eigenvalue weighted by atomic mass is 19.1. The maximum atomic E-state index is 13.6. The molecule has 5 aromatic rings. The van der Waals surface area contributed by atoms with Crippen molar-refractivity contribution in [2.75, 3.05) is 0 Å². The number of hydrogen-bond acceptors (Lipinski definition) is 2. The Balaban J connectivity index is 1.60. The van der Waals surface area contributed by atoms with Crippen LogP contribution < -0.4 is 4.74 Å². The van der Waals surface area contributed by atoms with E-state index in [0.717, 1.165) is 44.6 Å². The van der Waals surface area contributed by atoms with Crippen molar-refractivity contribution in [1.82, 2.24) is 4.57 Å². The zero-order valence-electron chi connectivity index (χ0n) is 18.3. The van der Waals surface area contributed by atoms with Gasteiger partial charge in [-0.3, -0.25) is 0 Å². The third-order valence-corrected chi connectivity index (χ3v) is 5.97. The summed E-state index contributed by atoms with van der Waals surface area (Å²) in [6, 6.07) is 30.0. The van der Waals surface area contributed by atoms with Gasteiger partial charge in [0.2, 0.25) is 0 Å². The van der Waals surface area contributed by atoms with Gasteiger partial charge in [-0.25, -0.2) is 4.39 Å². The second-order valence-corrected chi connectivity index (χ2v) is 8.15. The van der Waals surface area contributed by atoms with Crippen molar-refractivity contribution in [3.63, 3.8) is 0 Å². The Morgan fingerprint density at radius 2 is 1.58 bits per heavy atom. The van der Waals surface area contributed by atoms with Crippen LogP contribution in [-0.4, -0.2) is 9.67 Å². The lowest BCUT2D eigenvalue weighted by molar-refractivity contribution is 0.306. The first kappa shape index (κ1) is 20.8. The molecule has 0 saturated carbocycles. The molecule has 0 saturated heterocycles. The molecule has 0 atom stereocenters. The van der Waals surface area contributed by atoms with E-state index in [4.69, 9.17) is 4.74 Å². The molecule has 0 amide bonds. The molecule has 4 heteroatoms. The van der Waals surface area contributed by atoms with Crippen LogP contribution >= 0.6 is 0 Å². The normalized spacial score (nSPS) is 11.1. The average Bonchev–Trinajstić information content (AvgIpc) is 3.11. The molecule has 164 valence electrons. The van der Waals surface area contributed by atoms with E-state index in [1.807, 2.05) is 54.6 Å². The maximum Gasteiger partial charge on any atom is 0.123 e. The molecule has 1 heterocycles. The summed E-state index contributed by atoms with van der Waals surface area (Å²) in [5.74, 6) is 0.779. The van der Waals surface area contributed by atoms with Gasteiger partial charge in [-0.15, -0.1) is 0 Å². The molecule has 0 unspecified atom stereocenters. The second kappa shape index (κ2) is 8.83. The minimum absolute atomic E-state index is 0.255. The lowest BCUT2D eigenvalue weighted by Gasteiger charge is -2.13. The van der Waals surface area contributed by atoms with Gasteiger partial charge in [0.15, 0.2) is 0 Å². The third kappa shape index (κ3) is 4.20. The highest BCUT2D eigenvalue weighted by molar-refractivity contribution is 5.92. The first-order chi connectivity index (χ1) is 16.1. The standard InChI is InChI=1S/C29H24FNO2/c1-20-26-17-25(33-19-21-7-3-2-4-8-21)15-16-27(26)31(18-23-9-5-6-10-28(23)32)29(20)22-11-13-24(30)14-12-22/h2-17,32H,18-19H2,1H3. The number of fused-ring (bicyclic) bond motifs is 1. The van der Waals surface area contributed by atoms with Crippen molar-refractivity contribution in [1.29, 1.82) is 0 Å². The predicted octanol–water partition coefficient (Wildman–Crippen LogP) is 7.09. The molecule has 0 aliphatic carbocycles. The number of aryl methyl sites for hydroxylation is 1. The lowest BCUT2D eigenvalue weighted by Crippen LogP contribution is -2.02. The van der Waals surface area contributed by atoms with Gasteiger partial charge in [0.25, 0.3) is 0 Å². The summed E-state index contributed by atoms with van der Waals surface area (Å²) in [5, 5.41) is 11.5. The molecule has 3 nitrogen and oxygen atoms in total. The highest BCUT2D eigenvalue weighted by Gasteiger charge is 2.18. The molecule has 0 aliphatic heterocycles. The summed E-state index contributed by atoms with van der Waals surface area (Å²) in [4.78, 5) is 0. The van der Waals surface area contributed by atoms with Crippen LogP contribution in [0.15, 0.2) is 97.1 Å². The summed E-state index contributed by atoms with van der Waals surface area (Å²) < 4.78 is 21.9. The fourth-order valence-electron chi connectivity index (χ4n) is 4.29. The van der Waals surface area contributed by atoms with Crippen molar-refractivity contribution in [3.05, 3.63) is 120 Å². The average molecular weight is 438 g/mol. The molecule has 0 spiro atoms. The zero-order valence-corrected chi connectivity index (χ0v) is 18.3. The van der Waals surface area contributed by atoms with Crippen molar-refractivity contribution in [3.8, 4) is 22.8 Å². The Labute approximate surface area is 192 Å². The lowest BCUT2D eigenvalue weighted by atomic mass is 10.1. The number of aromatic hydroxyl groups is 1. The number of ether oxygens (including phenoxy) is 1. The number of para-hydroxylation sites is 1.